The van der Waals surface area contributed by atoms with E-state index >= 15 is 0 Å². The van der Waals surface area contributed by atoms with E-state index in [2.05, 4.69) is 15.2 Å². The van der Waals surface area contributed by atoms with Crippen molar-refractivity contribution in [2.75, 3.05) is 18.0 Å². The topological polar surface area (TPSA) is 83.6 Å². The van der Waals surface area contributed by atoms with Crippen molar-refractivity contribution >= 4 is 17.4 Å². The van der Waals surface area contributed by atoms with Gasteiger partial charge in [0.1, 0.15) is 6.33 Å². The molecule has 1 atom stereocenters. The SMILES string of the molecule is CCC1(C(=O)O)CCN(c2nccn3cnnc23)C1. The Kier molecular flexibility index (Phi) is 2.62. The molecule has 7 heteroatoms. The lowest BCUT2D eigenvalue weighted by atomic mass is 9.84. The quantitative estimate of drug-likeness (QED) is 0.880. The van der Waals surface area contributed by atoms with Crippen molar-refractivity contribution in [2.24, 2.45) is 5.41 Å². The van der Waals surface area contributed by atoms with Crippen molar-refractivity contribution in [3.8, 4) is 0 Å². The number of hydrogen-bond acceptors (Lipinski definition) is 5. The Morgan fingerprint density at radius 2 is 2.42 bits per heavy atom. The van der Waals surface area contributed by atoms with Crippen molar-refractivity contribution in [1.82, 2.24) is 19.6 Å². The van der Waals surface area contributed by atoms with Gasteiger partial charge in [0.2, 0.25) is 5.65 Å². The van der Waals surface area contributed by atoms with E-state index < -0.39 is 11.4 Å². The summed E-state index contributed by atoms with van der Waals surface area (Å²) in [6.07, 6.45) is 6.32. The number of nitrogens with zero attached hydrogens (tertiary/aromatic N) is 5. The van der Waals surface area contributed by atoms with Crippen molar-refractivity contribution in [1.29, 1.82) is 0 Å². The Balaban J connectivity index is 1.97. The van der Waals surface area contributed by atoms with E-state index in [9.17, 15) is 9.90 Å². The smallest absolute Gasteiger partial charge is 0.311 e. The van der Waals surface area contributed by atoms with Crippen LogP contribution >= 0.6 is 0 Å². The summed E-state index contributed by atoms with van der Waals surface area (Å²) >= 11 is 0. The zero-order chi connectivity index (χ0) is 13.5. The minimum Gasteiger partial charge on any atom is -0.481 e. The monoisotopic (exact) mass is 261 g/mol. The minimum atomic E-state index is -0.731. The van der Waals surface area contributed by atoms with Gasteiger partial charge >= 0.3 is 5.97 Å². The van der Waals surface area contributed by atoms with Crippen molar-refractivity contribution in [3.63, 3.8) is 0 Å². The molecule has 0 amide bonds. The highest BCUT2D eigenvalue weighted by Gasteiger charge is 2.44. The van der Waals surface area contributed by atoms with E-state index in [1.165, 1.54) is 0 Å². The summed E-state index contributed by atoms with van der Waals surface area (Å²) in [5.41, 5.74) is -0.00562. The van der Waals surface area contributed by atoms with E-state index in [1.807, 2.05) is 11.8 Å². The maximum absolute atomic E-state index is 11.5. The molecule has 3 heterocycles. The van der Waals surface area contributed by atoms with Gasteiger partial charge in [0.25, 0.3) is 0 Å². The molecule has 1 fully saturated rings. The summed E-state index contributed by atoms with van der Waals surface area (Å²) in [7, 11) is 0. The number of aromatic nitrogens is 4. The molecule has 0 spiro atoms. The Morgan fingerprint density at radius 1 is 1.58 bits per heavy atom. The van der Waals surface area contributed by atoms with Crippen LogP contribution in [0, 0.1) is 5.41 Å². The number of carbonyl (C=O) groups is 1. The fourth-order valence-electron chi connectivity index (χ4n) is 2.64. The highest BCUT2D eigenvalue weighted by molar-refractivity contribution is 5.77. The zero-order valence-corrected chi connectivity index (χ0v) is 10.7. The second-order valence-electron chi connectivity index (χ2n) is 4.92. The Bertz CT molecular complexity index is 625. The molecule has 0 saturated carbocycles. The zero-order valence-electron chi connectivity index (χ0n) is 10.7. The van der Waals surface area contributed by atoms with Crippen LogP contribution in [0.5, 0.6) is 0 Å². The van der Waals surface area contributed by atoms with Gasteiger partial charge in [-0.3, -0.25) is 9.20 Å². The standard InChI is InChI=1S/C12H15N5O2/c1-2-12(11(18)19)3-5-16(7-12)9-10-15-14-8-17(10)6-4-13-9/h4,6,8H,2-3,5,7H2,1H3,(H,18,19). The number of carboxylic acid groups (broad SMARTS) is 1. The molecule has 0 bridgehead atoms. The Labute approximate surface area is 109 Å². The van der Waals surface area contributed by atoms with Crippen molar-refractivity contribution < 1.29 is 9.90 Å². The fraction of sp³-hybridized carbons (Fsp3) is 0.500. The van der Waals surface area contributed by atoms with E-state index in [0.29, 0.717) is 37.4 Å². The van der Waals surface area contributed by atoms with Gasteiger partial charge in [0.15, 0.2) is 5.82 Å². The minimum absolute atomic E-state index is 0.471. The van der Waals surface area contributed by atoms with Gasteiger partial charge in [-0.1, -0.05) is 6.92 Å². The Morgan fingerprint density at radius 3 is 3.11 bits per heavy atom. The molecule has 3 rings (SSSR count). The van der Waals surface area contributed by atoms with Crippen LogP contribution in [0.3, 0.4) is 0 Å². The molecular formula is C12H15N5O2. The third-order valence-corrected chi connectivity index (χ3v) is 3.98. The van der Waals surface area contributed by atoms with E-state index in [4.69, 9.17) is 0 Å². The lowest BCUT2D eigenvalue weighted by Gasteiger charge is -2.23. The molecule has 0 radical (unpaired) electrons. The molecule has 1 saturated heterocycles. The predicted octanol–water partition coefficient (Wildman–Crippen LogP) is 0.815. The van der Waals surface area contributed by atoms with E-state index in [-0.39, 0.29) is 0 Å². The number of rotatable bonds is 3. The van der Waals surface area contributed by atoms with Crippen LogP contribution in [0.15, 0.2) is 18.7 Å². The molecule has 2 aromatic heterocycles. The van der Waals surface area contributed by atoms with Crippen LogP contribution in [0.2, 0.25) is 0 Å². The highest BCUT2D eigenvalue weighted by Crippen LogP contribution is 2.36. The average molecular weight is 261 g/mol. The molecular weight excluding hydrogens is 246 g/mol. The molecule has 0 aromatic carbocycles. The van der Waals surface area contributed by atoms with Gasteiger partial charge in [-0.25, -0.2) is 4.98 Å². The van der Waals surface area contributed by atoms with Crippen LogP contribution in [0.1, 0.15) is 19.8 Å². The number of aliphatic carboxylic acids is 1. The fourth-order valence-corrected chi connectivity index (χ4v) is 2.64. The van der Waals surface area contributed by atoms with Gasteiger partial charge in [-0.2, -0.15) is 0 Å². The van der Waals surface area contributed by atoms with Crippen LogP contribution in [-0.2, 0) is 4.79 Å². The number of hydrogen-bond donors (Lipinski definition) is 1. The van der Waals surface area contributed by atoms with Gasteiger partial charge in [0.05, 0.1) is 5.41 Å². The maximum atomic E-state index is 11.5. The third kappa shape index (κ3) is 1.73. The molecule has 100 valence electrons. The van der Waals surface area contributed by atoms with Gasteiger partial charge in [0, 0.05) is 25.5 Å². The van der Waals surface area contributed by atoms with Gasteiger partial charge in [-0.05, 0) is 12.8 Å². The summed E-state index contributed by atoms with van der Waals surface area (Å²) in [5.74, 6) is -0.0255. The molecule has 1 unspecified atom stereocenters. The third-order valence-electron chi connectivity index (χ3n) is 3.98. The first-order valence-corrected chi connectivity index (χ1v) is 6.29. The van der Waals surface area contributed by atoms with E-state index in [0.717, 1.165) is 0 Å². The average Bonchev–Trinajstić information content (AvgIpc) is 3.05. The summed E-state index contributed by atoms with van der Waals surface area (Å²) in [4.78, 5) is 17.8. The summed E-state index contributed by atoms with van der Waals surface area (Å²) in [6, 6.07) is 0. The molecule has 2 aromatic rings. The second kappa shape index (κ2) is 4.18. The largest absolute Gasteiger partial charge is 0.481 e. The normalized spacial score (nSPS) is 23.1. The van der Waals surface area contributed by atoms with E-state index in [1.54, 1.807) is 23.1 Å². The number of anilines is 1. The van der Waals surface area contributed by atoms with Crippen molar-refractivity contribution in [3.05, 3.63) is 18.7 Å². The molecule has 0 aliphatic carbocycles. The van der Waals surface area contributed by atoms with Crippen LogP contribution < -0.4 is 4.90 Å². The van der Waals surface area contributed by atoms with Crippen molar-refractivity contribution in [2.45, 2.75) is 19.8 Å². The van der Waals surface area contributed by atoms with Crippen LogP contribution in [0.25, 0.3) is 5.65 Å². The van der Waals surface area contributed by atoms with Gasteiger partial charge in [-0.15, -0.1) is 10.2 Å². The lowest BCUT2D eigenvalue weighted by molar-refractivity contribution is -0.147. The summed E-state index contributed by atoms with van der Waals surface area (Å²) in [6.45, 7) is 3.07. The first kappa shape index (κ1) is 11.9. The maximum Gasteiger partial charge on any atom is 0.311 e. The Hall–Kier alpha value is -2.18. The first-order valence-electron chi connectivity index (χ1n) is 6.29. The van der Waals surface area contributed by atoms with Gasteiger partial charge < -0.3 is 10.0 Å². The molecule has 19 heavy (non-hydrogen) atoms. The second-order valence-corrected chi connectivity index (χ2v) is 4.92. The van der Waals surface area contributed by atoms with Crippen LogP contribution in [-0.4, -0.2) is 43.7 Å². The molecule has 7 nitrogen and oxygen atoms in total. The number of carboxylic acids is 1. The number of fused-ring (bicyclic) bond motifs is 1. The van der Waals surface area contributed by atoms with Crippen LogP contribution in [0.4, 0.5) is 5.82 Å². The molecule has 1 aliphatic rings. The highest BCUT2D eigenvalue weighted by atomic mass is 16.4. The molecule has 1 aliphatic heterocycles. The predicted molar refractivity (Wildman–Crippen MR) is 68.0 cm³/mol. The lowest BCUT2D eigenvalue weighted by Crippen LogP contribution is -2.34. The summed E-state index contributed by atoms with van der Waals surface area (Å²) < 4.78 is 1.79. The first-order chi connectivity index (χ1) is 9.16. The summed E-state index contributed by atoms with van der Waals surface area (Å²) in [5, 5.41) is 17.3. The molecule has 1 N–H and O–H groups in total.